The number of carbonyl (C=O) groups excluding carboxylic acids is 1. The highest BCUT2D eigenvalue weighted by atomic mass is 19.1. The molecule has 2 aliphatic rings. The molecule has 2 aliphatic heterocycles. The molecule has 2 saturated heterocycles. The first-order valence-corrected chi connectivity index (χ1v) is 26.2. The molecule has 8 nitrogen and oxygen atoms in total. The van der Waals surface area contributed by atoms with Crippen molar-refractivity contribution in [2.45, 2.75) is 95.3 Å². The van der Waals surface area contributed by atoms with Crippen LogP contribution in [0.2, 0.25) is 0 Å². The predicted molar refractivity (Wildman–Crippen MR) is 290 cm³/mol. The van der Waals surface area contributed by atoms with Crippen molar-refractivity contribution < 1.29 is 37.6 Å². The molecule has 0 aromatic heterocycles. The molecule has 2 fully saturated rings. The summed E-state index contributed by atoms with van der Waals surface area (Å²) in [6, 6.07) is 73.4. The number of halogens is 1. The van der Waals surface area contributed by atoms with E-state index in [0.717, 1.165) is 63.0 Å². The van der Waals surface area contributed by atoms with Gasteiger partial charge in [-0.05, 0) is 88.5 Å². The molecule has 2 unspecified atom stereocenters. The maximum absolute atomic E-state index is 14.3. The summed E-state index contributed by atoms with van der Waals surface area (Å²) in [5, 5.41) is 0. The fraction of sp³-hybridized carbons (Fsp3) is 0.258. The molecular formula is C66H64FNO7. The minimum absolute atomic E-state index is 0.0727. The number of anilines is 1. The van der Waals surface area contributed by atoms with Gasteiger partial charge in [-0.25, -0.2) is 4.39 Å². The number of hydrogen-bond donors (Lipinski definition) is 0. The molecule has 0 radical (unpaired) electrons. The summed E-state index contributed by atoms with van der Waals surface area (Å²) in [5.41, 5.74) is 8.95. The molecule has 10 rings (SSSR count). The Morgan fingerprint density at radius 3 is 1.48 bits per heavy atom. The Kier molecular flexibility index (Phi) is 17.6. The van der Waals surface area contributed by atoms with Gasteiger partial charge in [0.2, 0.25) is 5.91 Å². The number of amides is 1. The van der Waals surface area contributed by atoms with Gasteiger partial charge >= 0.3 is 0 Å². The maximum atomic E-state index is 14.3. The molecule has 0 saturated carbocycles. The second-order valence-corrected chi connectivity index (χ2v) is 19.5. The second-order valence-electron chi connectivity index (χ2n) is 19.5. The summed E-state index contributed by atoms with van der Waals surface area (Å²) in [4.78, 5) is 16.3. The third-order valence-corrected chi connectivity index (χ3v) is 14.2. The molecular weight excluding hydrogens is 938 g/mol. The van der Waals surface area contributed by atoms with Gasteiger partial charge in [0.05, 0.1) is 51.1 Å². The summed E-state index contributed by atoms with van der Waals surface area (Å²) in [7, 11) is 0. The molecule has 75 heavy (non-hydrogen) atoms. The average Bonchev–Trinajstić information content (AvgIpc) is 3.46. The van der Waals surface area contributed by atoms with E-state index in [1.54, 1.807) is 0 Å². The van der Waals surface area contributed by atoms with Crippen LogP contribution in [0.5, 0.6) is 5.75 Å². The van der Waals surface area contributed by atoms with Crippen LogP contribution >= 0.6 is 0 Å². The summed E-state index contributed by atoms with van der Waals surface area (Å²) in [6.07, 6.45) is -0.190. The first kappa shape index (κ1) is 51.3. The number of benzene rings is 8. The quantitative estimate of drug-likeness (QED) is 0.0558. The van der Waals surface area contributed by atoms with Gasteiger partial charge in [-0.1, -0.05) is 194 Å². The van der Waals surface area contributed by atoms with Gasteiger partial charge in [0.1, 0.15) is 42.6 Å². The molecule has 0 aliphatic carbocycles. The lowest BCUT2D eigenvalue weighted by Gasteiger charge is -2.48. The molecule has 0 N–H and O–H groups in total. The monoisotopic (exact) mass is 1000 g/mol. The van der Waals surface area contributed by atoms with Crippen LogP contribution in [0, 0.1) is 11.7 Å². The van der Waals surface area contributed by atoms with Crippen molar-refractivity contribution in [3.05, 3.63) is 275 Å². The van der Waals surface area contributed by atoms with Crippen LogP contribution in [0.3, 0.4) is 0 Å². The van der Waals surface area contributed by atoms with Crippen molar-refractivity contribution in [2.75, 3.05) is 11.5 Å². The molecule has 0 spiro atoms. The topological polar surface area (TPSA) is 75.7 Å². The minimum Gasteiger partial charge on any atom is -0.489 e. The highest BCUT2D eigenvalue weighted by molar-refractivity contribution is 6.03. The van der Waals surface area contributed by atoms with E-state index >= 15 is 0 Å². The molecule has 8 aromatic rings. The number of carbonyl (C=O) groups is 1. The SMILES string of the molecule is O=C1[C@H](CCCc2ccc(F)cc2)[C@@H](c2ccc(C[C@@H]3OC(COCc4ccccc4)[C@H](OCc4ccccc4)[C@H](OCc4ccccc4)C3OCc3ccccc3)cc2OCc2ccccc2)N1c1ccccc1. The van der Waals surface area contributed by atoms with Gasteiger partial charge in [0.15, 0.2) is 0 Å². The van der Waals surface area contributed by atoms with Crippen molar-refractivity contribution >= 4 is 11.6 Å². The van der Waals surface area contributed by atoms with Crippen molar-refractivity contribution in [2.24, 2.45) is 5.92 Å². The molecule has 382 valence electrons. The minimum atomic E-state index is -0.586. The lowest BCUT2D eigenvalue weighted by Crippen LogP contribution is -2.61. The van der Waals surface area contributed by atoms with E-state index in [1.165, 1.54) is 12.1 Å². The number of hydrogen-bond acceptors (Lipinski definition) is 7. The van der Waals surface area contributed by atoms with E-state index < -0.39 is 30.5 Å². The summed E-state index contributed by atoms with van der Waals surface area (Å²) >= 11 is 0. The third-order valence-electron chi connectivity index (χ3n) is 14.2. The van der Waals surface area contributed by atoms with Crippen molar-refractivity contribution in [3.8, 4) is 5.75 Å². The van der Waals surface area contributed by atoms with Crippen LogP contribution in [0.1, 0.15) is 63.4 Å². The van der Waals surface area contributed by atoms with Crippen molar-refractivity contribution in [3.63, 3.8) is 0 Å². The zero-order valence-electron chi connectivity index (χ0n) is 42.2. The largest absolute Gasteiger partial charge is 0.489 e. The average molecular weight is 1000 g/mol. The number of para-hydroxylation sites is 1. The van der Waals surface area contributed by atoms with Crippen LogP contribution in [0.25, 0.3) is 0 Å². The van der Waals surface area contributed by atoms with Gasteiger partial charge in [-0.2, -0.15) is 0 Å². The van der Waals surface area contributed by atoms with E-state index in [-0.39, 0.29) is 30.3 Å². The number of nitrogens with zero attached hydrogens (tertiary/aromatic N) is 1. The summed E-state index contributed by atoms with van der Waals surface area (Å²) in [6.45, 7) is 1.99. The van der Waals surface area contributed by atoms with Crippen molar-refractivity contribution in [1.29, 1.82) is 0 Å². The Hall–Kier alpha value is -7.24. The highest BCUT2D eigenvalue weighted by Crippen LogP contribution is 2.49. The van der Waals surface area contributed by atoms with Crippen LogP contribution in [0.4, 0.5) is 10.1 Å². The lowest BCUT2D eigenvalue weighted by atomic mass is 9.77. The first-order chi connectivity index (χ1) is 37.0. The number of β-lactam (4-membered cyclic amide) rings is 1. The Bertz CT molecular complexity index is 2970. The van der Waals surface area contributed by atoms with Crippen LogP contribution in [0.15, 0.2) is 224 Å². The molecule has 1 amide bonds. The van der Waals surface area contributed by atoms with E-state index in [0.29, 0.717) is 51.6 Å². The van der Waals surface area contributed by atoms with Crippen LogP contribution in [-0.4, -0.2) is 43.0 Å². The number of rotatable bonds is 24. The zero-order chi connectivity index (χ0) is 51.0. The van der Waals surface area contributed by atoms with Crippen LogP contribution in [-0.2, 0) is 74.4 Å². The number of aryl methyl sites for hydroxylation is 1. The zero-order valence-corrected chi connectivity index (χ0v) is 42.2. The number of ether oxygens (including phenoxy) is 6. The van der Waals surface area contributed by atoms with E-state index in [1.807, 2.05) is 138 Å². The Morgan fingerprint density at radius 1 is 0.467 bits per heavy atom. The van der Waals surface area contributed by atoms with E-state index in [2.05, 4.69) is 78.9 Å². The standard InChI is InChI=1S/C66H64FNO7/c67-55-37-34-48(35-38-55)30-19-33-58-62(68(66(58)69)56-31-17-6-18-32-56)57-39-36-54(40-59(57)71-43-50-22-9-2-10-23-50)41-60-63(72-44-51-24-11-3-12-25-51)65(74-46-53-28-15-5-16-29-53)64(73-45-52-26-13-4-14-27-52)61(75-60)47-70-42-49-20-7-1-8-21-49/h1-18,20-29,31-32,34-40,58,60-65H,19,30,33,41-47H2/t58-,60+,61?,62-,63?,64+,65-/m1/s1. The van der Waals surface area contributed by atoms with Gasteiger partial charge in [0.25, 0.3) is 0 Å². The van der Waals surface area contributed by atoms with Gasteiger partial charge < -0.3 is 33.3 Å². The molecule has 2 heterocycles. The van der Waals surface area contributed by atoms with Crippen molar-refractivity contribution in [1.82, 2.24) is 0 Å². The fourth-order valence-corrected chi connectivity index (χ4v) is 10.3. The summed E-state index contributed by atoms with van der Waals surface area (Å²) < 4.78 is 55.7. The first-order valence-electron chi connectivity index (χ1n) is 26.2. The fourth-order valence-electron chi connectivity index (χ4n) is 10.3. The summed E-state index contributed by atoms with van der Waals surface area (Å²) in [5.74, 6) is 0.215. The normalized spacial score (nSPS) is 20.4. The molecule has 9 heteroatoms. The van der Waals surface area contributed by atoms with Crippen LogP contribution < -0.4 is 9.64 Å². The third kappa shape index (κ3) is 13.5. The highest BCUT2D eigenvalue weighted by Gasteiger charge is 2.50. The van der Waals surface area contributed by atoms with E-state index in [9.17, 15) is 9.18 Å². The molecule has 0 bridgehead atoms. The second kappa shape index (κ2) is 25.8. The smallest absolute Gasteiger partial charge is 0.233 e. The van der Waals surface area contributed by atoms with E-state index in [4.69, 9.17) is 28.4 Å². The van der Waals surface area contributed by atoms with Gasteiger partial charge in [-0.3, -0.25) is 4.79 Å². The lowest BCUT2D eigenvalue weighted by molar-refractivity contribution is -0.272. The molecule has 8 aromatic carbocycles. The maximum Gasteiger partial charge on any atom is 0.233 e. The predicted octanol–water partition coefficient (Wildman–Crippen LogP) is 13.4. The Morgan fingerprint density at radius 2 is 0.933 bits per heavy atom. The van der Waals surface area contributed by atoms with Gasteiger partial charge in [-0.15, -0.1) is 0 Å². The Labute approximate surface area is 440 Å². The molecule has 7 atom stereocenters. The van der Waals surface area contributed by atoms with Gasteiger partial charge in [0, 0.05) is 17.7 Å². The Balaban J connectivity index is 1.01.